The maximum absolute atomic E-state index is 12.8. The van der Waals surface area contributed by atoms with Gasteiger partial charge in [-0.15, -0.1) is 5.10 Å². The van der Waals surface area contributed by atoms with Crippen molar-refractivity contribution in [1.82, 2.24) is 24.4 Å². The Bertz CT molecular complexity index is 941. The molecule has 1 heterocycles. The molecule has 0 saturated heterocycles. The minimum Gasteiger partial charge on any atom is -0.385 e. The lowest BCUT2D eigenvalue weighted by Crippen LogP contribution is -2.41. The first-order valence-electron chi connectivity index (χ1n) is 10.4. The molecular weight excluding hydrogens is 406 g/mol. The predicted octanol–water partition coefficient (Wildman–Crippen LogP) is 2.03. The number of carbonyl (C=O) groups excluding carboxylic acids is 1. The van der Waals surface area contributed by atoms with Crippen molar-refractivity contribution >= 4 is 27.0 Å². The van der Waals surface area contributed by atoms with Crippen molar-refractivity contribution in [3.8, 4) is 0 Å². The molecular formula is C20H33N5O4S. The van der Waals surface area contributed by atoms with Crippen LogP contribution in [0.15, 0.2) is 23.1 Å². The summed E-state index contributed by atoms with van der Waals surface area (Å²) in [6, 6.07) is 4.57. The number of hydrogen-bond acceptors (Lipinski definition) is 6. The van der Waals surface area contributed by atoms with Gasteiger partial charge in [-0.25, -0.2) is 8.42 Å². The van der Waals surface area contributed by atoms with E-state index in [9.17, 15) is 13.2 Å². The van der Waals surface area contributed by atoms with Gasteiger partial charge in [0, 0.05) is 26.2 Å². The van der Waals surface area contributed by atoms with Crippen molar-refractivity contribution in [1.29, 1.82) is 0 Å². The SMILES string of the molecule is CCN(CC)S(=O)(=O)c1ccc2nnn(OCC(=O)N(CC(C)C)CC(C)C)c2c1. The van der Waals surface area contributed by atoms with E-state index in [1.54, 1.807) is 24.8 Å². The Balaban J connectivity index is 2.23. The van der Waals surface area contributed by atoms with E-state index in [1.807, 2.05) is 0 Å². The summed E-state index contributed by atoms with van der Waals surface area (Å²) in [5.41, 5.74) is 0.887. The first-order valence-corrected chi connectivity index (χ1v) is 11.8. The molecule has 0 saturated carbocycles. The van der Waals surface area contributed by atoms with Crippen LogP contribution in [0.3, 0.4) is 0 Å². The van der Waals surface area contributed by atoms with Gasteiger partial charge in [0.25, 0.3) is 5.91 Å². The van der Waals surface area contributed by atoms with Crippen LogP contribution in [0.5, 0.6) is 0 Å². The van der Waals surface area contributed by atoms with E-state index in [4.69, 9.17) is 4.84 Å². The van der Waals surface area contributed by atoms with Crippen LogP contribution in [-0.4, -0.2) is 71.5 Å². The zero-order valence-corrected chi connectivity index (χ0v) is 19.5. The normalized spacial score (nSPS) is 12.3. The standard InChI is InChI=1S/C20H33N5O4S/c1-7-24(8-2)30(27,28)17-9-10-18-19(11-17)25(22-21-18)29-14-20(26)23(12-15(3)4)13-16(5)6/h9-11,15-16H,7-8,12-14H2,1-6H3. The minimum atomic E-state index is -3.63. The fraction of sp³-hybridized carbons (Fsp3) is 0.650. The second-order valence-electron chi connectivity index (χ2n) is 8.06. The summed E-state index contributed by atoms with van der Waals surface area (Å²) in [6.45, 7) is 13.7. The Kier molecular flexibility index (Phi) is 8.19. The summed E-state index contributed by atoms with van der Waals surface area (Å²) in [7, 11) is -3.63. The lowest BCUT2D eigenvalue weighted by atomic mass is 10.1. The number of aromatic nitrogens is 3. The fourth-order valence-electron chi connectivity index (χ4n) is 3.21. The van der Waals surface area contributed by atoms with Gasteiger partial charge in [0.05, 0.1) is 4.90 Å². The third kappa shape index (κ3) is 5.69. The molecule has 0 spiro atoms. The first-order chi connectivity index (χ1) is 14.1. The third-order valence-corrected chi connectivity index (χ3v) is 6.61. The van der Waals surface area contributed by atoms with Crippen molar-refractivity contribution in [2.45, 2.75) is 46.4 Å². The van der Waals surface area contributed by atoms with Crippen molar-refractivity contribution in [2.24, 2.45) is 11.8 Å². The van der Waals surface area contributed by atoms with Gasteiger partial charge in [-0.05, 0) is 35.2 Å². The van der Waals surface area contributed by atoms with Gasteiger partial charge in [0.15, 0.2) is 6.61 Å². The summed E-state index contributed by atoms with van der Waals surface area (Å²) in [5, 5.41) is 7.92. The monoisotopic (exact) mass is 439 g/mol. The minimum absolute atomic E-state index is 0.137. The zero-order valence-electron chi connectivity index (χ0n) is 18.7. The Morgan fingerprint density at radius 1 is 1.10 bits per heavy atom. The van der Waals surface area contributed by atoms with E-state index in [0.29, 0.717) is 49.0 Å². The molecule has 1 aromatic heterocycles. The van der Waals surface area contributed by atoms with Crippen LogP contribution in [0.2, 0.25) is 0 Å². The van der Waals surface area contributed by atoms with Crippen molar-refractivity contribution < 1.29 is 18.0 Å². The molecule has 0 bridgehead atoms. The van der Waals surface area contributed by atoms with Crippen molar-refractivity contribution in [3.05, 3.63) is 18.2 Å². The van der Waals surface area contributed by atoms with Gasteiger partial charge in [0.2, 0.25) is 10.0 Å². The van der Waals surface area contributed by atoms with E-state index in [1.165, 1.54) is 16.4 Å². The maximum Gasteiger partial charge on any atom is 0.263 e. The molecule has 0 unspecified atom stereocenters. The first kappa shape index (κ1) is 24.1. The van der Waals surface area contributed by atoms with E-state index in [2.05, 4.69) is 38.0 Å². The molecule has 0 N–H and O–H groups in total. The molecule has 168 valence electrons. The number of benzene rings is 1. The van der Waals surface area contributed by atoms with Crippen LogP contribution >= 0.6 is 0 Å². The number of rotatable bonds is 11. The highest BCUT2D eigenvalue weighted by Gasteiger charge is 2.23. The summed E-state index contributed by atoms with van der Waals surface area (Å²) in [5.74, 6) is 0.536. The topological polar surface area (TPSA) is 97.6 Å². The smallest absolute Gasteiger partial charge is 0.263 e. The second-order valence-corrected chi connectivity index (χ2v) is 10.0. The van der Waals surface area contributed by atoms with Crippen LogP contribution < -0.4 is 4.84 Å². The Morgan fingerprint density at radius 2 is 1.70 bits per heavy atom. The number of carbonyl (C=O) groups is 1. The molecule has 9 nitrogen and oxygen atoms in total. The number of fused-ring (bicyclic) bond motifs is 1. The highest BCUT2D eigenvalue weighted by Crippen LogP contribution is 2.20. The second kappa shape index (κ2) is 10.2. The molecule has 1 aromatic carbocycles. The van der Waals surface area contributed by atoms with Crippen molar-refractivity contribution in [3.63, 3.8) is 0 Å². The number of nitrogens with zero attached hydrogens (tertiary/aromatic N) is 5. The summed E-state index contributed by atoms with van der Waals surface area (Å²) < 4.78 is 27.0. The highest BCUT2D eigenvalue weighted by molar-refractivity contribution is 7.89. The van der Waals surface area contributed by atoms with E-state index in [-0.39, 0.29) is 17.4 Å². The van der Waals surface area contributed by atoms with E-state index in [0.717, 1.165) is 4.85 Å². The molecule has 1 amide bonds. The van der Waals surface area contributed by atoms with Crippen LogP contribution in [0.1, 0.15) is 41.5 Å². The molecule has 0 aliphatic heterocycles. The lowest BCUT2D eigenvalue weighted by molar-refractivity contribution is -0.137. The molecule has 2 aromatic rings. The van der Waals surface area contributed by atoms with E-state index < -0.39 is 10.0 Å². The number of hydrogen-bond donors (Lipinski definition) is 0. The molecule has 2 rings (SSSR count). The average Bonchev–Trinajstić information content (AvgIpc) is 3.08. The number of sulfonamides is 1. The van der Waals surface area contributed by atoms with Gasteiger partial charge in [-0.2, -0.15) is 4.31 Å². The summed E-state index contributed by atoms with van der Waals surface area (Å²) >= 11 is 0. The van der Waals surface area contributed by atoms with Crippen LogP contribution in [-0.2, 0) is 14.8 Å². The predicted molar refractivity (Wildman–Crippen MR) is 115 cm³/mol. The molecule has 0 atom stereocenters. The van der Waals surface area contributed by atoms with Crippen molar-refractivity contribution in [2.75, 3.05) is 32.8 Å². The van der Waals surface area contributed by atoms with Gasteiger partial charge >= 0.3 is 0 Å². The van der Waals surface area contributed by atoms with Gasteiger partial charge in [0.1, 0.15) is 11.0 Å². The Morgan fingerprint density at radius 3 is 2.23 bits per heavy atom. The van der Waals surface area contributed by atoms with Gasteiger partial charge in [-0.3, -0.25) is 4.79 Å². The Hall–Kier alpha value is -2.20. The molecule has 30 heavy (non-hydrogen) atoms. The van der Waals surface area contributed by atoms with Crippen LogP contribution in [0.25, 0.3) is 11.0 Å². The molecule has 0 aliphatic carbocycles. The zero-order chi connectivity index (χ0) is 22.5. The van der Waals surface area contributed by atoms with Crippen LogP contribution in [0, 0.1) is 11.8 Å². The van der Waals surface area contributed by atoms with Crippen LogP contribution in [0.4, 0.5) is 0 Å². The average molecular weight is 440 g/mol. The Labute approximate surface area is 179 Å². The fourth-order valence-corrected chi connectivity index (χ4v) is 4.69. The highest BCUT2D eigenvalue weighted by atomic mass is 32.2. The quantitative estimate of drug-likeness (QED) is 0.531. The molecule has 0 radical (unpaired) electrons. The lowest BCUT2D eigenvalue weighted by Gasteiger charge is -2.26. The molecule has 0 fully saturated rings. The largest absolute Gasteiger partial charge is 0.385 e. The van der Waals surface area contributed by atoms with Gasteiger partial charge in [-0.1, -0.05) is 46.4 Å². The third-order valence-electron chi connectivity index (χ3n) is 4.56. The summed E-state index contributed by atoms with van der Waals surface area (Å²) in [6.07, 6.45) is 0. The number of amides is 1. The molecule has 10 heteroatoms. The van der Waals surface area contributed by atoms with E-state index >= 15 is 0 Å². The summed E-state index contributed by atoms with van der Waals surface area (Å²) in [4.78, 5) is 21.3. The molecule has 0 aliphatic rings. The maximum atomic E-state index is 12.8. The van der Waals surface area contributed by atoms with Gasteiger partial charge < -0.3 is 9.74 Å².